The van der Waals surface area contributed by atoms with Gasteiger partial charge in [0.15, 0.2) is 0 Å². The second kappa shape index (κ2) is 38.7. The van der Waals surface area contributed by atoms with Gasteiger partial charge in [0.25, 0.3) is 0 Å². The zero-order valence-corrected chi connectivity index (χ0v) is 33.3. The quantitative estimate of drug-likeness (QED) is 0.0364. The van der Waals surface area contributed by atoms with Gasteiger partial charge < -0.3 is 20.1 Å². The van der Waals surface area contributed by atoms with Crippen molar-refractivity contribution in [2.75, 3.05) is 33.0 Å². The van der Waals surface area contributed by atoms with Gasteiger partial charge in [-0.3, -0.25) is 13.8 Å². The van der Waals surface area contributed by atoms with E-state index in [-0.39, 0.29) is 32.3 Å². The molecule has 0 aromatic carbocycles. The third-order valence-corrected chi connectivity index (χ3v) is 10.3. The van der Waals surface area contributed by atoms with Crippen LogP contribution in [0.3, 0.4) is 0 Å². The number of ether oxygens (including phenoxy) is 2. The Kier molecular flexibility index (Phi) is 38.3. The average Bonchev–Trinajstić information content (AvgIpc) is 3.09. The highest BCUT2D eigenvalue weighted by molar-refractivity contribution is 7.47. The molecule has 2 unspecified atom stereocenters. The molecule has 0 bridgehead atoms. The zero-order valence-electron chi connectivity index (χ0n) is 32.5. The molecule has 0 saturated carbocycles. The SMILES string of the molecule is CCCCCCCCCCCCCCCCCCCCCCCCC(=O)OC(COCCCCCCCCCC)COP(=O)(O)OCCN. The van der Waals surface area contributed by atoms with Gasteiger partial charge in [0.2, 0.25) is 0 Å². The first kappa shape index (κ1) is 48.5. The van der Waals surface area contributed by atoms with Crippen LogP contribution in [0, 0.1) is 0 Å². The van der Waals surface area contributed by atoms with E-state index in [1.54, 1.807) is 0 Å². The Hall–Kier alpha value is -0.500. The molecular weight excluding hydrogens is 637 g/mol. The normalized spacial score (nSPS) is 13.5. The van der Waals surface area contributed by atoms with Crippen LogP contribution in [0.25, 0.3) is 0 Å². The number of nitrogens with two attached hydrogens (primary N) is 1. The summed E-state index contributed by atoms with van der Waals surface area (Å²) in [6.07, 6.45) is 38.5. The molecule has 49 heavy (non-hydrogen) atoms. The number of unbranched alkanes of at least 4 members (excludes halogenated alkanes) is 28. The van der Waals surface area contributed by atoms with Crippen LogP contribution in [-0.2, 0) is 27.9 Å². The van der Waals surface area contributed by atoms with Crippen molar-refractivity contribution in [2.45, 2.75) is 219 Å². The van der Waals surface area contributed by atoms with Gasteiger partial charge in [0.05, 0.1) is 19.8 Å². The predicted octanol–water partition coefficient (Wildman–Crippen LogP) is 12.1. The molecule has 0 saturated heterocycles. The summed E-state index contributed by atoms with van der Waals surface area (Å²) in [5, 5.41) is 0. The molecule has 0 aromatic rings. The van der Waals surface area contributed by atoms with Gasteiger partial charge in [0.1, 0.15) is 6.10 Å². The van der Waals surface area contributed by atoms with Crippen LogP contribution in [0.4, 0.5) is 0 Å². The molecule has 0 rings (SSSR count). The van der Waals surface area contributed by atoms with Crippen LogP contribution in [-0.4, -0.2) is 49.9 Å². The molecule has 0 aliphatic rings. The Balaban J connectivity index is 3.84. The summed E-state index contributed by atoms with van der Waals surface area (Å²) in [5.41, 5.74) is 5.35. The lowest BCUT2D eigenvalue weighted by Crippen LogP contribution is -2.28. The van der Waals surface area contributed by atoms with E-state index in [0.29, 0.717) is 13.0 Å². The van der Waals surface area contributed by atoms with Gasteiger partial charge in [-0.2, -0.15) is 0 Å². The second-order valence-electron chi connectivity index (χ2n) is 14.2. The van der Waals surface area contributed by atoms with Crippen molar-refractivity contribution in [3.8, 4) is 0 Å². The molecule has 0 aromatic heterocycles. The highest BCUT2D eigenvalue weighted by Gasteiger charge is 2.25. The van der Waals surface area contributed by atoms with Crippen molar-refractivity contribution in [3.63, 3.8) is 0 Å². The van der Waals surface area contributed by atoms with E-state index in [0.717, 1.165) is 32.1 Å². The third kappa shape index (κ3) is 38.6. The largest absolute Gasteiger partial charge is 0.472 e. The lowest BCUT2D eigenvalue weighted by atomic mass is 10.0. The maximum Gasteiger partial charge on any atom is 0.472 e. The first-order valence-electron chi connectivity index (χ1n) is 21.0. The standard InChI is InChI=1S/C40H82NO7P/c1-3-5-7-9-11-13-14-15-16-17-18-19-20-21-22-23-24-25-26-27-29-31-33-40(42)48-39(38-47-49(43,44)46-36-34-41)37-45-35-32-30-28-12-10-8-6-4-2/h39H,3-38,41H2,1-2H3,(H,43,44). The number of carbonyl (C=O) groups is 1. The molecule has 9 heteroatoms. The van der Waals surface area contributed by atoms with Gasteiger partial charge in [-0.15, -0.1) is 0 Å². The minimum absolute atomic E-state index is 0.0906. The highest BCUT2D eigenvalue weighted by Crippen LogP contribution is 2.43. The first-order chi connectivity index (χ1) is 23.9. The third-order valence-electron chi connectivity index (χ3n) is 9.27. The Bertz CT molecular complexity index is 727. The number of hydrogen-bond acceptors (Lipinski definition) is 7. The molecule has 0 aliphatic heterocycles. The molecular formula is C40H82NO7P. The van der Waals surface area contributed by atoms with Gasteiger partial charge in [0, 0.05) is 19.6 Å². The van der Waals surface area contributed by atoms with Crippen molar-refractivity contribution >= 4 is 13.8 Å². The fourth-order valence-electron chi connectivity index (χ4n) is 6.17. The summed E-state index contributed by atoms with van der Waals surface area (Å²) in [6.45, 7) is 4.94. The van der Waals surface area contributed by atoms with E-state index in [2.05, 4.69) is 13.8 Å². The van der Waals surface area contributed by atoms with Crippen molar-refractivity contribution in [1.82, 2.24) is 0 Å². The smallest absolute Gasteiger partial charge is 0.457 e. The summed E-state index contributed by atoms with van der Waals surface area (Å²) in [6, 6.07) is 0. The Morgan fingerprint density at radius 1 is 0.531 bits per heavy atom. The fourth-order valence-corrected chi connectivity index (χ4v) is 6.94. The van der Waals surface area contributed by atoms with Crippen LogP contribution in [0.1, 0.15) is 213 Å². The lowest BCUT2D eigenvalue weighted by molar-refractivity contribution is -0.154. The minimum Gasteiger partial charge on any atom is -0.457 e. The summed E-state index contributed by atoms with van der Waals surface area (Å²) in [7, 11) is -4.26. The number of esters is 1. The monoisotopic (exact) mass is 720 g/mol. The van der Waals surface area contributed by atoms with E-state index in [1.165, 1.54) is 161 Å². The molecule has 294 valence electrons. The average molecular weight is 720 g/mol. The molecule has 0 amide bonds. The summed E-state index contributed by atoms with van der Waals surface area (Å²) in [5.74, 6) is -0.326. The van der Waals surface area contributed by atoms with Crippen LogP contribution < -0.4 is 5.73 Å². The lowest BCUT2D eigenvalue weighted by Gasteiger charge is -2.20. The van der Waals surface area contributed by atoms with Crippen molar-refractivity contribution in [1.29, 1.82) is 0 Å². The molecule has 0 heterocycles. The Labute approximate surface area is 303 Å². The molecule has 2 atom stereocenters. The Morgan fingerprint density at radius 3 is 1.29 bits per heavy atom. The van der Waals surface area contributed by atoms with Crippen LogP contribution in [0.2, 0.25) is 0 Å². The molecule has 3 N–H and O–H groups in total. The zero-order chi connectivity index (χ0) is 35.9. The topological polar surface area (TPSA) is 117 Å². The van der Waals surface area contributed by atoms with Crippen LogP contribution in [0.15, 0.2) is 0 Å². The van der Waals surface area contributed by atoms with Crippen molar-refractivity contribution in [3.05, 3.63) is 0 Å². The molecule has 0 aliphatic carbocycles. The number of carbonyl (C=O) groups excluding carboxylic acids is 1. The van der Waals surface area contributed by atoms with Crippen molar-refractivity contribution < 1.29 is 32.8 Å². The molecule has 0 radical (unpaired) electrons. The van der Waals surface area contributed by atoms with Crippen LogP contribution in [0.5, 0.6) is 0 Å². The van der Waals surface area contributed by atoms with E-state index in [4.69, 9.17) is 24.3 Å². The van der Waals surface area contributed by atoms with Gasteiger partial charge in [-0.25, -0.2) is 4.57 Å². The maximum atomic E-state index is 12.5. The van der Waals surface area contributed by atoms with Gasteiger partial charge in [-0.1, -0.05) is 194 Å². The van der Waals surface area contributed by atoms with E-state index >= 15 is 0 Å². The van der Waals surface area contributed by atoms with E-state index < -0.39 is 13.9 Å². The molecule has 0 fully saturated rings. The van der Waals surface area contributed by atoms with Gasteiger partial charge >= 0.3 is 13.8 Å². The summed E-state index contributed by atoms with van der Waals surface area (Å²) < 4.78 is 33.3. The maximum absolute atomic E-state index is 12.5. The number of rotatable bonds is 41. The summed E-state index contributed by atoms with van der Waals surface area (Å²) in [4.78, 5) is 22.4. The Morgan fingerprint density at radius 2 is 0.898 bits per heavy atom. The number of phosphoric acid groups is 1. The first-order valence-corrected chi connectivity index (χ1v) is 22.5. The van der Waals surface area contributed by atoms with E-state index in [1.807, 2.05) is 0 Å². The minimum atomic E-state index is -4.26. The molecule has 0 spiro atoms. The van der Waals surface area contributed by atoms with E-state index in [9.17, 15) is 14.3 Å². The fraction of sp³-hybridized carbons (Fsp3) is 0.975. The summed E-state index contributed by atoms with van der Waals surface area (Å²) >= 11 is 0. The van der Waals surface area contributed by atoms with Crippen molar-refractivity contribution in [2.24, 2.45) is 5.73 Å². The number of hydrogen-bond donors (Lipinski definition) is 2. The predicted molar refractivity (Wildman–Crippen MR) is 206 cm³/mol. The molecule has 8 nitrogen and oxygen atoms in total. The highest BCUT2D eigenvalue weighted by atomic mass is 31.2. The van der Waals surface area contributed by atoms with Gasteiger partial charge in [-0.05, 0) is 12.8 Å². The number of phosphoric ester groups is 1. The van der Waals surface area contributed by atoms with Crippen LogP contribution >= 0.6 is 7.82 Å². The second-order valence-corrected chi connectivity index (χ2v) is 15.7.